The van der Waals surface area contributed by atoms with Crippen LogP contribution < -0.4 is 11.1 Å². The topological polar surface area (TPSA) is 55.9 Å². The van der Waals surface area contributed by atoms with Crippen molar-refractivity contribution in [2.45, 2.75) is 20.4 Å². The number of nitrogens with one attached hydrogen (secondary N) is 1. The van der Waals surface area contributed by atoms with E-state index in [-0.39, 0.29) is 0 Å². The van der Waals surface area contributed by atoms with Crippen LogP contribution in [0.2, 0.25) is 0 Å². The summed E-state index contributed by atoms with van der Waals surface area (Å²) < 4.78 is 1.88. The Morgan fingerprint density at radius 2 is 2.12 bits per heavy atom. The lowest BCUT2D eigenvalue weighted by Gasteiger charge is -2.10. The van der Waals surface area contributed by atoms with Crippen molar-refractivity contribution >= 4 is 11.4 Å². The Bertz CT molecular complexity index is 528. The fraction of sp³-hybridized carbons (Fsp3) is 0.308. The van der Waals surface area contributed by atoms with Crippen molar-refractivity contribution < 1.29 is 0 Å². The molecule has 0 aliphatic rings. The van der Waals surface area contributed by atoms with Crippen LogP contribution in [-0.2, 0) is 13.6 Å². The lowest BCUT2D eigenvalue weighted by Crippen LogP contribution is -2.03. The minimum Gasteiger partial charge on any atom is -0.398 e. The molecular weight excluding hydrogens is 212 g/mol. The second kappa shape index (κ2) is 4.49. The number of hydrogen-bond donors (Lipinski definition) is 2. The number of anilines is 2. The van der Waals surface area contributed by atoms with E-state index in [0.717, 1.165) is 23.5 Å². The van der Waals surface area contributed by atoms with Crippen molar-refractivity contribution in [3.05, 3.63) is 41.2 Å². The molecule has 0 fully saturated rings. The molecule has 0 spiro atoms. The largest absolute Gasteiger partial charge is 0.398 e. The van der Waals surface area contributed by atoms with Crippen LogP contribution in [0.15, 0.2) is 24.4 Å². The summed E-state index contributed by atoms with van der Waals surface area (Å²) in [6.45, 7) is 4.86. The molecule has 90 valence electrons. The van der Waals surface area contributed by atoms with Gasteiger partial charge in [0.25, 0.3) is 0 Å². The van der Waals surface area contributed by atoms with Crippen molar-refractivity contribution in [2.75, 3.05) is 11.1 Å². The SMILES string of the molecule is Cc1c(N)cccc1NCc1cnn(C)c1C. The van der Waals surface area contributed by atoms with E-state index in [0.29, 0.717) is 0 Å². The van der Waals surface area contributed by atoms with Gasteiger partial charge in [-0.05, 0) is 31.5 Å². The van der Waals surface area contributed by atoms with Gasteiger partial charge in [0.1, 0.15) is 0 Å². The Morgan fingerprint density at radius 3 is 2.76 bits per heavy atom. The number of aromatic nitrogens is 2. The highest BCUT2D eigenvalue weighted by Crippen LogP contribution is 2.21. The van der Waals surface area contributed by atoms with Gasteiger partial charge in [-0.15, -0.1) is 0 Å². The number of benzene rings is 1. The van der Waals surface area contributed by atoms with Gasteiger partial charge in [-0.25, -0.2) is 0 Å². The zero-order valence-electron chi connectivity index (χ0n) is 10.5. The number of hydrogen-bond acceptors (Lipinski definition) is 3. The summed E-state index contributed by atoms with van der Waals surface area (Å²) in [6, 6.07) is 5.91. The van der Waals surface area contributed by atoms with Crippen LogP contribution in [0, 0.1) is 13.8 Å². The molecule has 0 aliphatic carbocycles. The van der Waals surface area contributed by atoms with E-state index in [1.54, 1.807) is 0 Å². The molecule has 3 N–H and O–H groups in total. The summed E-state index contributed by atoms with van der Waals surface area (Å²) in [6.07, 6.45) is 1.89. The molecule has 1 aromatic carbocycles. The van der Waals surface area contributed by atoms with Gasteiger partial charge in [0.15, 0.2) is 0 Å². The first kappa shape index (κ1) is 11.5. The van der Waals surface area contributed by atoms with E-state index < -0.39 is 0 Å². The average molecular weight is 230 g/mol. The van der Waals surface area contributed by atoms with Crippen molar-refractivity contribution in [3.8, 4) is 0 Å². The first-order valence-electron chi connectivity index (χ1n) is 5.66. The third kappa shape index (κ3) is 2.25. The van der Waals surface area contributed by atoms with Crippen molar-refractivity contribution in [1.29, 1.82) is 0 Å². The Balaban J connectivity index is 2.13. The van der Waals surface area contributed by atoms with Gasteiger partial charge in [0.2, 0.25) is 0 Å². The third-order valence-corrected chi connectivity index (χ3v) is 3.18. The third-order valence-electron chi connectivity index (χ3n) is 3.18. The van der Waals surface area contributed by atoms with Gasteiger partial charge >= 0.3 is 0 Å². The van der Waals surface area contributed by atoms with E-state index in [1.807, 2.05) is 43.0 Å². The summed E-state index contributed by atoms with van der Waals surface area (Å²) in [7, 11) is 1.95. The maximum Gasteiger partial charge on any atom is 0.0542 e. The fourth-order valence-electron chi connectivity index (χ4n) is 1.75. The summed E-state index contributed by atoms with van der Waals surface area (Å²) in [5.41, 5.74) is 11.2. The molecule has 4 heteroatoms. The molecule has 4 nitrogen and oxygen atoms in total. The summed E-state index contributed by atoms with van der Waals surface area (Å²) in [5, 5.41) is 7.61. The number of nitrogen functional groups attached to an aromatic ring is 1. The van der Waals surface area contributed by atoms with E-state index >= 15 is 0 Å². The van der Waals surface area contributed by atoms with Gasteiger partial charge in [0, 0.05) is 36.2 Å². The number of rotatable bonds is 3. The van der Waals surface area contributed by atoms with E-state index in [4.69, 9.17) is 5.73 Å². The van der Waals surface area contributed by atoms with Crippen molar-refractivity contribution in [3.63, 3.8) is 0 Å². The summed E-state index contributed by atoms with van der Waals surface area (Å²) >= 11 is 0. The molecular formula is C13H18N4. The smallest absolute Gasteiger partial charge is 0.0542 e. The van der Waals surface area contributed by atoms with Crippen LogP contribution in [0.1, 0.15) is 16.8 Å². The Labute approximate surface area is 101 Å². The van der Waals surface area contributed by atoms with E-state index in [9.17, 15) is 0 Å². The minimum absolute atomic E-state index is 0.768. The second-order valence-corrected chi connectivity index (χ2v) is 4.25. The molecule has 0 saturated heterocycles. The Morgan fingerprint density at radius 1 is 1.35 bits per heavy atom. The second-order valence-electron chi connectivity index (χ2n) is 4.25. The maximum absolute atomic E-state index is 5.87. The van der Waals surface area contributed by atoms with Gasteiger partial charge in [0.05, 0.1) is 6.20 Å². The van der Waals surface area contributed by atoms with Crippen LogP contribution in [0.5, 0.6) is 0 Å². The highest BCUT2D eigenvalue weighted by molar-refractivity contribution is 5.62. The lowest BCUT2D eigenvalue weighted by atomic mass is 10.1. The standard InChI is InChI=1S/C13H18N4/c1-9-12(14)5-4-6-13(9)15-7-11-8-16-17(3)10(11)2/h4-6,8,15H,7,14H2,1-3H3. The molecule has 1 heterocycles. The molecule has 2 aromatic rings. The van der Waals surface area contributed by atoms with Crippen LogP contribution in [0.4, 0.5) is 11.4 Å². The molecule has 2 rings (SSSR count). The zero-order chi connectivity index (χ0) is 12.4. The first-order chi connectivity index (χ1) is 8.09. The minimum atomic E-state index is 0.768. The maximum atomic E-state index is 5.87. The summed E-state index contributed by atoms with van der Waals surface area (Å²) in [5.74, 6) is 0. The molecule has 17 heavy (non-hydrogen) atoms. The van der Waals surface area contributed by atoms with E-state index in [1.165, 1.54) is 11.3 Å². The molecule has 0 atom stereocenters. The highest BCUT2D eigenvalue weighted by atomic mass is 15.3. The van der Waals surface area contributed by atoms with Gasteiger partial charge < -0.3 is 11.1 Å². The normalized spacial score (nSPS) is 10.5. The molecule has 0 aliphatic heterocycles. The fourth-order valence-corrected chi connectivity index (χ4v) is 1.75. The zero-order valence-corrected chi connectivity index (χ0v) is 10.5. The van der Waals surface area contributed by atoms with Crippen molar-refractivity contribution in [1.82, 2.24) is 9.78 Å². The lowest BCUT2D eigenvalue weighted by molar-refractivity contribution is 0.738. The van der Waals surface area contributed by atoms with Crippen molar-refractivity contribution in [2.24, 2.45) is 7.05 Å². The Hall–Kier alpha value is -1.97. The monoisotopic (exact) mass is 230 g/mol. The number of nitrogens with two attached hydrogens (primary N) is 1. The molecule has 0 unspecified atom stereocenters. The molecule has 1 aromatic heterocycles. The predicted molar refractivity (Wildman–Crippen MR) is 70.9 cm³/mol. The Kier molecular flexibility index (Phi) is 3.04. The van der Waals surface area contributed by atoms with E-state index in [2.05, 4.69) is 17.3 Å². The number of nitrogens with zero attached hydrogens (tertiary/aromatic N) is 2. The van der Waals surface area contributed by atoms with Crippen LogP contribution in [0.3, 0.4) is 0 Å². The highest BCUT2D eigenvalue weighted by Gasteiger charge is 2.05. The number of aryl methyl sites for hydroxylation is 1. The quantitative estimate of drug-likeness (QED) is 0.795. The molecule has 0 saturated carbocycles. The van der Waals surface area contributed by atoms with Crippen LogP contribution in [-0.4, -0.2) is 9.78 Å². The summed E-state index contributed by atoms with van der Waals surface area (Å²) in [4.78, 5) is 0. The van der Waals surface area contributed by atoms with Gasteiger partial charge in [-0.2, -0.15) is 5.10 Å². The molecule has 0 bridgehead atoms. The average Bonchev–Trinajstić information content (AvgIpc) is 2.62. The first-order valence-corrected chi connectivity index (χ1v) is 5.66. The van der Waals surface area contributed by atoms with Gasteiger partial charge in [-0.3, -0.25) is 4.68 Å². The predicted octanol–water partition coefficient (Wildman–Crippen LogP) is 2.23. The van der Waals surface area contributed by atoms with Gasteiger partial charge in [-0.1, -0.05) is 6.07 Å². The molecule has 0 radical (unpaired) electrons. The molecule has 0 amide bonds. The van der Waals surface area contributed by atoms with Crippen LogP contribution >= 0.6 is 0 Å². The van der Waals surface area contributed by atoms with Crippen LogP contribution in [0.25, 0.3) is 0 Å².